The summed E-state index contributed by atoms with van der Waals surface area (Å²) < 4.78 is 0. The first-order valence-electron chi connectivity index (χ1n) is 5.42. The Morgan fingerprint density at radius 3 is 2.81 bits per heavy atom. The lowest BCUT2D eigenvalue weighted by molar-refractivity contribution is 0.0696. The quantitative estimate of drug-likeness (QED) is 0.827. The molecule has 0 radical (unpaired) electrons. The minimum atomic E-state index is -0.857. The monoisotopic (exact) mass is 217 g/mol. The molecule has 0 saturated carbocycles. The number of carboxylic acids is 1. The van der Waals surface area contributed by atoms with E-state index in [9.17, 15) is 4.79 Å². The van der Waals surface area contributed by atoms with Crippen LogP contribution in [0.5, 0.6) is 0 Å². The van der Waals surface area contributed by atoms with Crippen LogP contribution in [0.15, 0.2) is 30.5 Å². The molecule has 0 atom stereocenters. The number of benzene rings is 1. The summed E-state index contributed by atoms with van der Waals surface area (Å²) in [6.45, 7) is 1.04. The first-order chi connectivity index (χ1) is 7.68. The number of hydrogen-bond donors (Lipinski definition) is 1. The summed E-state index contributed by atoms with van der Waals surface area (Å²) in [4.78, 5) is 13.2. The highest BCUT2D eigenvalue weighted by Crippen LogP contribution is 2.26. The fourth-order valence-corrected chi connectivity index (χ4v) is 2.07. The van der Waals surface area contributed by atoms with Crippen LogP contribution >= 0.6 is 0 Å². The predicted molar refractivity (Wildman–Crippen MR) is 63.2 cm³/mol. The van der Waals surface area contributed by atoms with Gasteiger partial charge in [-0.05, 0) is 30.0 Å². The lowest BCUT2D eigenvalue weighted by atomic mass is 9.95. The second-order valence-corrected chi connectivity index (χ2v) is 4.09. The van der Waals surface area contributed by atoms with Crippen LogP contribution in [0.25, 0.3) is 5.57 Å². The maximum absolute atomic E-state index is 11.1. The van der Waals surface area contributed by atoms with E-state index >= 15 is 0 Å². The number of nitrogens with zero attached hydrogens (tertiary/aromatic N) is 1. The number of allylic oxidation sites excluding steroid dienone is 1. The molecule has 84 valence electrons. The third-order valence-corrected chi connectivity index (χ3v) is 2.84. The van der Waals surface area contributed by atoms with Crippen molar-refractivity contribution in [1.29, 1.82) is 0 Å². The minimum absolute atomic E-state index is 0.393. The van der Waals surface area contributed by atoms with Gasteiger partial charge < -0.3 is 10.0 Å². The molecule has 0 saturated heterocycles. The van der Waals surface area contributed by atoms with Gasteiger partial charge in [0, 0.05) is 19.8 Å². The average molecular weight is 217 g/mol. The van der Waals surface area contributed by atoms with Crippen molar-refractivity contribution < 1.29 is 9.90 Å². The molecule has 0 aromatic heterocycles. The number of hydrogen-bond acceptors (Lipinski definition) is 2. The van der Waals surface area contributed by atoms with E-state index in [2.05, 4.69) is 4.90 Å². The van der Waals surface area contributed by atoms with Gasteiger partial charge >= 0.3 is 5.97 Å². The van der Waals surface area contributed by atoms with Crippen molar-refractivity contribution in [2.75, 3.05) is 13.6 Å². The standard InChI is InChI=1S/C13H15NO2/c1-14-8-4-5-10(9-14)11-6-2-3-7-12(11)13(15)16/h2-3,6-7,9H,4-5,8H2,1H3,(H,15,16). The smallest absolute Gasteiger partial charge is 0.336 e. The van der Waals surface area contributed by atoms with Gasteiger partial charge in [-0.3, -0.25) is 0 Å². The molecule has 3 nitrogen and oxygen atoms in total. The number of aromatic carboxylic acids is 1. The molecule has 2 rings (SSSR count). The van der Waals surface area contributed by atoms with E-state index in [-0.39, 0.29) is 0 Å². The molecule has 16 heavy (non-hydrogen) atoms. The second kappa shape index (κ2) is 4.39. The van der Waals surface area contributed by atoms with E-state index in [1.54, 1.807) is 12.1 Å². The second-order valence-electron chi connectivity index (χ2n) is 4.09. The SMILES string of the molecule is CN1C=C(c2ccccc2C(=O)O)CCC1. The third-order valence-electron chi connectivity index (χ3n) is 2.84. The third kappa shape index (κ3) is 2.08. The van der Waals surface area contributed by atoms with Gasteiger partial charge in [-0.15, -0.1) is 0 Å². The van der Waals surface area contributed by atoms with Gasteiger partial charge in [0.2, 0.25) is 0 Å². The van der Waals surface area contributed by atoms with Crippen LogP contribution in [-0.4, -0.2) is 29.6 Å². The van der Waals surface area contributed by atoms with E-state index in [0.29, 0.717) is 5.56 Å². The van der Waals surface area contributed by atoms with E-state index in [4.69, 9.17) is 5.11 Å². The van der Waals surface area contributed by atoms with Crippen LogP contribution in [0.3, 0.4) is 0 Å². The highest BCUT2D eigenvalue weighted by molar-refractivity contribution is 5.94. The lowest BCUT2D eigenvalue weighted by Crippen LogP contribution is -2.18. The number of carboxylic acid groups (broad SMARTS) is 1. The maximum Gasteiger partial charge on any atom is 0.336 e. The molecular formula is C13H15NO2. The summed E-state index contributed by atoms with van der Waals surface area (Å²) in [6, 6.07) is 7.19. The van der Waals surface area contributed by atoms with E-state index in [1.807, 2.05) is 25.4 Å². The highest BCUT2D eigenvalue weighted by atomic mass is 16.4. The Morgan fingerprint density at radius 1 is 1.38 bits per heavy atom. The van der Waals surface area contributed by atoms with Crippen molar-refractivity contribution in [3.8, 4) is 0 Å². The van der Waals surface area contributed by atoms with Crippen LogP contribution in [0.2, 0.25) is 0 Å². The zero-order valence-corrected chi connectivity index (χ0v) is 9.31. The topological polar surface area (TPSA) is 40.5 Å². The zero-order chi connectivity index (χ0) is 11.5. The predicted octanol–water partition coefficient (Wildman–Crippen LogP) is 2.45. The van der Waals surface area contributed by atoms with Crippen LogP contribution in [0.4, 0.5) is 0 Å². The average Bonchev–Trinajstić information content (AvgIpc) is 2.29. The van der Waals surface area contributed by atoms with E-state index < -0.39 is 5.97 Å². The van der Waals surface area contributed by atoms with E-state index in [1.165, 1.54) is 0 Å². The van der Waals surface area contributed by atoms with Crippen LogP contribution in [0.1, 0.15) is 28.8 Å². The Bertz CT molecular complexity index is 437. The molecule has 0 bridgehead atoms. The van der Waals surface area contributed by atoms with Crippen molar-refractivity contribution in [2.45, 2.75) is 12.8 Å². The first kappa shape index (κ1) is 10.7. The zero-order valence-electron chi connectivity index (χ0n) is 9.31. The van der Waals surface area contributed by atoms with E-state index in [0.717, 1.165) is 30.5 Å². The Balaban J connectivity index is 2.43. The fourth-order valence-electron chi connectivity index (χ4n) is 2.07. The summed E-state index contributed by atoms with van der Waals surface area (Å²) in [5, 5.41) is 9.12. The van der Waals surface area contributed by atoms with Crippen molar-refractivity contribution in [2.24, 2.45) is 0 Å². The van der Waals surface area contributed by atoms with Crippen LogP contribution in [0, 0.1) is 0 Å². The Labute approximate surface area is 95.0 Å². The summed E-state index contributed by atoms with van der Waals surface area (Å²) in [5.74, 6) is -0.857. The molecule has 1 aliphatic rings. The largest absolute Gasteiger partial charge is 0.478 e. The van der Waals surface area contributed by atoms with Gasteiger partial charge in [0.15, 0.2) is 0 Å². The molecule has 1 N–H and O–H groups in total. The molecule has 0 unspecified atom stereocenters. The van der Waals surface area contributed by atoms with Gasteiger partial charge in [-0.1, -0.05) is 18.2 Å². The Hall–Kier alpha value is -1.77. The molecule has 0 aliphatic carbocycles. The van der Waals surface area contributed by atoms with Gasteiger partial charge in [0.1, 0.15) is 0 Å². The molecule has 3 heteroatoms. The molecule has 1 aromatic rings. The molecule has 1 heterocycles. The van der Waals surface area contributed by atoms with Crippen molar-refractivity contribution in [3.05, 3.63) is 41.6 Å². The van der Waals surface area contributed by atoms with Crippen molar-refractivity contribution >= 4 is 11.5 Å². The molecular weight excluding hydrogens is 202 g/mol. The Kier molecular flexibility index (Phi) is 2.95. The van der Waals surface area contributed by atoms with Gasteiger partial charge in [0.25, 0.3) is 0 Å². The molecule has 1 aliphatic heterocycles. The van der Waals surface area contributed by atoms with Crippen LogP contribution in [-0.2, 0) is 0 Å². The summed E-state index contributed by atoms with van der Waals surface area (Å²) in [5.41, 5.74) is 2.36. The summed E-state index contributed by atoms with van der Waals surface area (Å²) in [7, 11) is 2.02. The summed E-state index contributed by atoms with van der Waals surface area (Å²) >= 11 is 0. The number of rotatable bonds is 2. The van der Waals surface area contributed by atoms with Crippen molar-refractivity contribution in [3.63, 3.8) is 0 Å². The van der Waals surface area contributed by atoms with Crippen LogP contribution < -0.4 is 0 Å². The summed E-state index contributed by atoms with van der Waals surface area (Å²) in [6.07, 6.45) is 4.08. The van der Waals surface area contributed by atoms with Gasteiger partial charge in [0.05, 0.1) is 5.56 Å². The molecule has 0 amide bonds. The normalized spacial score (nSPS) is 15.8. The maximum atomic E-state index is 11.1. The number of carbonyl (C=O) groups is 1. The minimum Gasteiger partial charge on any atom is -0.478 e. The molecule has 0 fully saturated rings. The fraction of sp³-hybridized carbons (Fsp3) is 0.308. The molecule has 1 aromatic carbocycles. The highest BCUT2D eigenvalue weighted by Gasteiger charge is 2.15. The van der Waals surface area contributed by atoms with Crippen molar-refractivity contribution in [1.82, 2.24) is 4.90 Å². The first-order valence-corrected chi connectivity index (χ1v) is 5.42. The Morgan fingerprint density at radius 2 is 2.12 bits per heavy atom. The van der Waals surface area contributed by atoms with Gasteiger partial charge in [-0.2, -0.15) is 0 Å². The molecule has 0 spiro atoms. The lowest BCUT2D eigenvalue weighted by Gasteiger charge is -2.23. The van der Waals surface area contributed by atoms with Gasteiger partial charge in [-0.25, -0.2) is 4.79 Å².